The summed E-state index contributed by atoms with van der Waals surface area (Å²) in [6.07, 6.45) is 3.04. The van der Waals surface area contributed by atoms with Gasteiger partial charge in [-0.3, -0.25) is 4.79 Å². The van der Waals surface area contributed by atoms with Crippen molar-refractivity contribution in [3.05, 3.63) is 69.7 Å². The summed E-state index contributed by atoms with van der Waals surface area (Å²) in [5, 5.41) is 12.4. The van der Waals surface area contributed by atoms with Crippen molar-refractivity contribution in [1.29, 1.82) is 5.26 Å². The molecule has 2 aromatic carbocycles. The highest BCUT2D eigenvalue weighted by Gasteiger charge is 2.14. The van der Waals surface area contributed by atoms with E-state index in [2.05, 4.69) is 27.8 Å². The molecule has 0 spiro atoms. The number of nitrogens with zero attached hydrogens (tertiary/aromatic N) is 1. The highest BCUT2D eigenvalue weighted by molar-refractivity contribution is 9.10. The summed E-state index contributed by atoms with van der Waals surface area (Å²) in [5.74, 6) is 0.284. The number of halogens is 2. The van der Waals surface area contributed by atoms with Gasteiger partial charge in [-0.1, -0.05) is 46.3 Å². The van der Waals surface area contributed by atoms with Gasteiger partial charge in [0.1, 0.15) is 18.2 Å². The molecule has 0 unspecified atom stereocenters. The Labute approximate surface area is 177 Å². The number of nitriles is 1. The van der Waals surface area contributed by atoms with Crippen molar-refractivity contribution in [1.82, 2.24) is 0 Å². The zero-order chi connectivity index (χ0) is 20.5. The molecule has 0 aliphatic heterocycles. The average molecular weight is 462 g/mol. The van der Waals surface area contributed by atoms with E-state index in [9.17, 15) is 10.1 Å². The van der Waals surface area contributed by atoms with Crippen LogP contribution in [0.3, 0.4) is 0 Å². The zero-order valence-corrected chi connectivity index (χ0v) is 17.5. The van der Waals surface area contributed by atoms with Gasteiger partial charge in [-0.25, -0.2) is 0 Å². The van der Waals surface area contributed by atoms with Crippen molar-refractivity contribution in [3.8, 4) is 17.6 Å². The van der Waals surface area contributed by atoms with Crippen LogP contribution in [0, 0.1) is 11.3 Å². The summed E-state index contributed by atoms with van der Waals surface area (Å²) in [6, 6.07) is 12.3. The van der Waals surface area contributed by atoms with Crippen LogP contribution in [0.2, 0.25) is 5.02 Å². The quantitative estimate of drug-likeness (QED) is 0.315. The molecule has 144 valence electrons. The predicted molar refractivity (Wildman–Crippen MR) is 115 cm³/mol. The number of amides is 1. The topological polar surface area (TPSA) is 71.3 Å². The van der Waals surface area contributed by atoms with Crippen molar-refractivity contribution in [2.75, 3.05) is 18.5 Å². The number of rotatable bonds is 8. The molecule has 0 radical (unpaired) electrons. The lowest BCUT2D eigenvalue weighted by Gasteiger charge is -2.13. The number of ether oxygens (including phenoxy) is 2. The number of nitrogens with one attached hydrogen (secondary N) is 1. The first-order valence-electron chi connectivity index (χ1n) is 8.37. The van der Waals surface area contributed by atoms with E-state index in [1.54, 1.807) is 36.4 Å². The number of hydrogen-bond donors (Lipinski definition) is 1. The highest BCUT2D eigenvalue weighted by Crippen LogP contribution is 2.37. The number of hydrogen-bond acceptors (Lipinski definition) is 4. The molecular weight excluding hydrogens is 444 g/mol. The van der Waals surface area contributed by atoms with Gasteiger partial charge in [-0.2, -0.15) is 5.26 Å². The van der Waals surface area contributed by atoms with Gasteiger partial charge in [-0.15, -0.1) is 0 Å². The second-order valence-electron chi connectivity index (χ2n) is 5.50. The summed E-state index contributed by atoms with van der Waals surface area (Å²) in [7, 11) is 0. The van der Waals surface area contributed by atoms with E-state index in [0.717, 1.165) is 4.47 Å². The normalized spacial score (nSPS) is 10.7. The summed E-state index contributed by atoms with van der Waals surface area (Å²) in [5.41, 5.74) is 1.04. The van der Waals surface area contributed by atoms with Crippen LogP contribution in [0.5, 0.6) is 11.5 Å². The fourth-order valence-corrected chi connectivity index (χ4v) is 2.97. The van der Waals surface area contributed by atoms with Crippen LogP contribution in [0.1, 0.15) is 12.5 Å². The molecule has 0 saturated carbocycles. The van der Waals surface area contributed by atoms with Gasteiger partial charge in [0, 0.05) is 10.2 Å². The molecule has 0 atom stereocenters. The lowest BCUT2D eigenvalue weighted by Crippen LogP contribution is -2.13. The van der Waals surface area contributed by atoms with Gasteiger partial charge >= 0.3 is 0 Å². The lowest BCUT2D eigenvalue weighted by molar-refractivity contribution is -0.112. The van der Waals surface area contributed by atoms with Crippen molar-refractivity contribution < 1.29 is 14.3 Å². The smallest absolute Gasteiger partial charge is 0.266 e. The summed E-state index contributed by atoms with van der Waals surface area (Å²) in [4.78, 5) is 12.4. The molecule has 7 heteroatoms. The van der Waals surface area contributed by atoms with Crippen molar-refractivity contribution in [2.45, 2.75) is 6.92 Å². The Kier molecular flexibility index (Phi) is 8.12. The monoisotopic (exact) mass is 460 g/mol. The van der Waals surface area contributed by atoms with E-state index in [1.165, 1.54) is 6.08 Å². The van der Waals surface area contributed by atoms with Gasteiger partial charge < -0.3 is 14.8 Å². The minimum absolute atomic E-state index is 0.0711. The number of benzene rings is 2. The molecule has 1 amide bonds. The molecule has 28 heavy (non-hydrogen) atoms. The van der Waals surface area contributed by atoms with E-state index < -0.39 is 5.91 Å². The minimum atomic E-state index is -0.526. The molecule has 0 aliphatic rings. The fourth-order valence-electron chi connectivity index (χ4n) is 2.30. The Morgan fingerprint density at radius 3 is 2.79 bits per heavy atom. The standard InChI is InChI=1S/C21H18BrClN2O3/c1-3-8-28-20-18(23)10-14(11-19(20)27-4-2)9-15(13-24)21(26)25-17-7-5-6-16(22)12-17/h3,5-7,9-12H,1,4,8H2,2H3,(H,25,26)/b15-9-. The largest absolute Gasteiger partial charge is 0.490 e. The van der Waals surface area contributed by atoms with Gasteiger partial charge in [-0.05, 0) is 48.9 Å². The van der Waals surface area contributed by atoms with Crippen LogP contribution < -0.4 is 14.8 Å². The Bertz CT molecular complexity index is 951. The average Bonchev–Trinajstić information content (AvgIpc) is 2.65. The third kappa shape index (κ3) is 5.88. The van der Waals surface area contributed by atoms with E-state index in [-0.39, 0.29) is 12.2 Å². The van der Waals surface area contributed by atoms with Crippen LogP contribution in [0.4, 0.5) is 5.69 Å². The maximum absolute atomic E-state index is 12.4. The van der Waals surface area contributed by atoms with E-state index in [0.29, 0.717) is 34.4 Å². The Morgan fingerprint density at radius 2 is 2.14 bits per heavy atom. The van der Waals surface area contributed by atoms with Crippen LogP contribution in [-0.2, 0) is 4.79 Å². The highest BCUT2D eigenvalue weighted by atomic mass is 79.9. The van der Waals surface area contributed by atoms with E-state index >= 15 is 0 Å². The lowest BCUT2D eigenvalue weighted by atomic mass is 10.1. The number of carbonyl (C=O) groups excluding carboxylic acids is 1. The van der Waals surface area contributed by atoms with Crippen molar-refractivity contribution in [2.24, 2.45) is 0 Å². The Hall–Kier alpha value is -2.75. The minimum Gasteiger partial charge on any atom is -0.490 e. The number of carbonyl (C=O) groups is 1. The van der Waals surface area contributed by atoms with Gasteiger partial charge in [0.05, 0.1) is 11.6 Å². The summed E-state index contributed by atoms with van der Waals surface area (Å²) < 4.78 is 11.9. The maximum atomic E-state index is 12.4. The summed E-state index contributed by atoms with van der Waals surface area (Å²) in [6.45, 7) is 6.12. The van der Waals surface area contributed by atoms with Crippen molar-refractivity contribution in [3.63, 3.8) is 0 Å². The van der Waals surface area contributed by atoms with Crippen molar-refractivity contribution >= 4 is 45.2 Å². The Balaban J connectivity index is 2.33. The molecule has 1 N–H and O–H groups in total. The Morgan fingerprint density at radius 1 is 1.36 bits per heavy atom. The van der Waals surface area contributed by atoms with Crippen LogP contribution in [-0.4, -0.2) is 19.1 Å². The molecule has 0 saturated heterocycles. The molecule has 2 aromatic rings. The molecular formula is C21H18BrClN2O3. The second kappa shape index (κ2) is 10.5. The first-order valence-corrected chi connectivity index (χ1v) is 9.54. The van der Waals surface area contributed by atoms with Crippen LogP contribution in [0.15, 0.2) is 59.1 Å². The van der Waals surface area contributed by atoms with E-state index in [4.69, 9.17) is 21.1 Å². The molecule has 0 aliphatic carbocycles. The first kappa shape index (κ1) is 21.5. The SMILES string of the molecule is C=CCOc1c(Cl)cc(/C=C(/C#N)C(=O)Nc2cccc(Br)c2)cc1OCC. The third-order valence-corrected chi connectivity index (χ3v) is 4.21. The third-order valence-electron chi connectivity index (χ3n) is 3.44. The van der Waals surface area contributed by atoms with Gasteiger partial charge in [0.2, 0.25) is 0 Å². The van der Waals surface area contributed by atoms with Crippen LogP contribution >= 0.6 is 27.5 Å². The maximum Gasteiger partial charge on any atom is 0.266 e. The molecule has 0 heterocycles. The zero-order valence-electron chi connectivity index (χ0n) is 15.2. The first-order chi connectivity index (χ1) is 13.5. The number of anilines is 1. The summed E-state index contributed by atoms with van der Waals surface area (Å²) >= 11 is 9.64. The van der Waals surface area contributed by atoms with Gasteiger partial charge in [0.15, 0.2) is 11.5 Å². The molecule has 0 fully saturated rings. The molecule has 0 bridgehead atoms. The second-order valence-corrected chi connectivity index (χ2v) is 6.82. The molecule has 5 nitrogen and oxygen atoms in total. The molecule has 2 rings (SSSR count). The predicted octanol–water partition coefficient (Wildman–Crippen LogP) is 5.61. The van der Waals surface area contributed by atoms with Gasteiger partial charge in [0.25, 0.3) is 5.91 Å². The fraction of sp³-hybridized carbons (Fsp3) is 0.143. The van der Waals surface area contributed by atoms with E-state index in [1.807, 2.05) is 19.1 Å². The van der Waals surface area contributed by atoms with Crippen LogP contribution in [0.25, 0.3) is 6.08 Å². The molecule has 0 aromatic heterocycles.